The van der Waals surface area contributed by atoms with Crippen LogP contribution in [0.25, 0.3) is 0 Å². The van der Waals surface area contributed by atoms with Gasteiger partial charge in [-0.3, -0.25) is 4.79 Å². The van der Waals surface area contributed by atoms with Crippen LogP contribution in [0.4, 0.5) is 0 Å². The molecule has 0 aliphatic rings. The molecule has 5 nitrogen and oxygen atoms in total. The quantitative estimate of drug-likeness (QED) is 0.255. The number of nitrogens with zero attached hydrogens (tertiary/aromatic N) is 1. The number of ether oxygens (including phenoxy) is 1. The van der Waals surface area contributed by atoms with Crippen molar-refractivity contribution in [2.24, 2.45) is 0 Å². The Kier molecular flexibility index (Phi) is 8.70. The highest BCUT2D eigenvalue weighted by molar-refractivity contribution is 6.74. The molecule has 0 saturated carbocycles. The second-order valence-electron chi connectivity index (χ2n) is 11.1. The minimum Gasteiger partial charge on any atom is -0.469 e. The van der Waals surface area contributed by atoms with E-state index in [9.17, 15) is 4.79 Å². The van der Waals surface area contributed by atoms with Gasteiger partial charge in [0.25, 0.3) is 0 Å². The van der Waals surface area contributed by atoms with Gasteiger partial charge in [0.2, 0.25) is 16.6 Å². The predicted octanol–water partition coefficient (Wildman–Crippen LogP) is 6.51. The molecular formula is C23H43NO4Si2. The molecule has 2 unspecified atom stereocenters. The van der Waals surface area contributed by atoms with Crippen molar-refractivity contribution in [3.8, 4) is 0 Å². The standard InChI is InChI=1S/C23H43NO4Si2/c1-18(20(21(25)26-8)19-16-14-13-15-17-19)24(27-29(9,10)22(2,3)4)28-30(11,12)23(5,6)7/h13-18,20H,1-12H3. The summed E-state index contributed by atoms with van der Waals surface area (Å²) in [5.74, 6) is -0.818. The van der Waals surface area contributed by atoms with Crippen LogP contribution in [0.15, 0.2) is 30.3 Å². The van der Waals surface area contributed by atoms with E-state index < -0.39 is 22.6 Å². The van der Waals surface area contributed by atoms with Crippen molar-refractivity contribution < 1.29 is 18.6 Å². The van der Waals surface area contributed by atoms with Crippen LogP contribution in [0.2, 0.25) is 36.3 Å². The fourth-order valence-electron chi connectivity index (χ4n) is 2.43. The number of hydrogen-bond donors (Lipinski definition) is 0. The Hall–Kier alpha value is -0.996. The first kappa shape index (κ1) is 27.0. The van der Waals surface area contributed by atoms with Crippen LogP contribution in [-0.2, 0) is 18.6 Å². The predicted molar refractivity (Wildman–Crippen MR) is 129 cm³/mol. The molecule has 1 rings (SSSR count). The van der Waals surface area contributed by atoms with E-state index in [-0.39, 0.29) is 22.1 Å². The largest absolute Gasteiger partial charge is 0.469 e. The van der Waals surface area contributed by atoms with Crippen LogP contribution < -0.4 is 0 Å². The molecule has 1 aromatic rings. The maximum atomic E-state index is 12.8. The van der Waals surface area contributed by atoms with Gasteiger partial charge in [-0.2, -0.15) is 0 Å². The Bertz CT molecular complexity index is 665. The van der Waals surface area contributed by atoms with Crippen LogP contribution >= 0.6 is 0 Å². The molecule has 0 bridgehead atoms. The molecule has 0 aliphatic carbocycles. The lowest BCUT2D eigenvalue weighted by Crippen LogP contribution is -2.56. The molecule has 0 N–H and O–H groups in total. The first-order valence-corrected chi connectivity index (χ1v) is 16.6. The van der Waals surface area contributed by atoms with E-state index in [1.165, 1.54) is 7.11 Å². The van der Waals surface area contributed by atoms with Gasteiger partial charge >= 0.3 is 5.97 Å². The van der Waals surface area contributed by atoms with E-state index in [4.69, 9.17) is 13.8 Å². The van der Waals surface area contributed by atoms with Gasteiger partial charge < -0.3 is 13.8 Å². The van der Waals surface area contributed by atoms with Gasteiger partial charge in [-0.05, 0) is 48.8 Å². The highest BCUT2D eigenvalue weighted by Gasteiger charge is 2.47. The molecule has 0 heterocycles. The second kappa shape index (κ2) is 9.65. The van der Waals surface area contributed by atoms with Crippen LogP contribution in [0.1, 0.15) is 59.9 Å². The Labute approximate surface area is 186 Å². The van der Waals surface area contributed by atoms with Crippen molar-refractivity contribution in [3.63, 3.8) is 0 Å². The minimum atomic E-state index is -2.21. The number of methoxy groups -OCH3 is 1. The summed E-state index contributed by atoms with van der Waals surface area (Å²) in [6.45, 7) is 23.9. The van der Waals surface area contributed by atoms with Crippen molar-refractivity contribution in [2.45, 2.75) is 96.7 Å². The Morgan fingerprint density at radius 3 is 1.60 bits per heavy atom. The van der Waals surface area contributed by atoms with E-state index in [2.05, 4.69) is 67.7 Å². The lowest BCUT2D eigenvalue weighted by molar-refractivity contribution is -0.301. The number of carbonyl (C=O) groups is 1. The van der Waals surface area contributed by atoms with Crippen LogP contribution in [-0.4, -0.2) is 41.0 Å². The first-order valence-electron chi connectivity index (χ1n) is 10.7. The van der Waals surface area contributed by atoms with Gasteiger partial charge in [0, 0.05) is 0 Å². The third-order valence-electron chi connectivity index (χ3n) is 6.68. The molecule has 0 spiro atoms. The molecule has 0 aromatic heterocycles. The monoisotopic (exact) mass is 453 g/mol. The molecule has 0 radical (unpaired) electrons. The SMILES string of the molecule is COC(=O)C(c1ccccc1)C(C)N(O[Si](C)(C)C(C)(C)C)O[Si](C)(C)C(C)(C)C. The van der Waals surface area contributed by atoms with Gasteiger partial charge in [-0.1, -0.05) is 77.1 Å². The van der Waals surface area contributed by atoms with Gasteiger partial charge in [-0.15, -0.1) is 0 Å². The zero-order chi connectivity index (χ0) is 23.5. The molecule has 172 valence electrons. The number of rotatable bonds is 8. The summed E-state index contributed by atoms with van der Waals surface area (Å²) in [5, 5.41) is 1.65. The van der Waals surface area contributed by atoms with E-state index in [1.54, 1.807) is 5.23 Å². The van der Waals surface area contributed by atoms with Crippen molar-refractivity contribution in [2.75, 3.05) is 7.11 Å². The maximum absolute atomic E-state index is 12.8. The maximum Gasteiger partial charge on any atom is 0.314 e. The zero-order valence-electron chi connectivity index (χ0n) is 21.1. The molecular weight excluding hydrogens is 410 g/mol. The summed E-state index contributed by atoms with van der Waals surface area (Å²) in [4.78, 5) is 12.8. The number of carbonyl (C=O) groups excluding carboxylic acids is 1. The Morgan fingerprint density at radius 2 is 1.27 bits per heavy atom. The molecule has 30 heavy (non-hydrogen) atoms. The number of benzene rings is 1. The smallest absolute Gasteiger partial charge is 0.314 e. The molecule has 1 aromatic carbocycles. The number of esters is 1. The number of hydrogen-bond acceptors (Lipinski definition) is 5. The number of hydroxylamine groups is 2. The average Bonchev–Trinajstić information content (AvgIpc) is 2.59. The molecule has 0 saturated heterocycles. The summed E-state index contributed by atoms with van der Waals surface area (Å²) in [5.41, 5.74) is 0.888. The third kappa shape index (κ3) is 6.50. The van der Waals surface area contributed by atoms with Gasteiger partial charge in [-0.25, -0.2) is 0 Å². The summed E-state index contributed by atoms with van der Waals surface area (Å²) in [6.07, 6.45) is 0. The highest BCUT2D eigenvalue weighted by Crippen LogP contribution is 2.42. The fourth-order valence-corrected chi connectivity index (χ4v) is 4.36. The van der Waals surface area contributed by atoms with Crippen LogP contribution in [0.5, 0.6) is 0 Å². The zero-order valence-corrected chi connectivity index (χ0v) is 23.1. The lowest BCUT2D eigenvalue weighted by Gasteiger charge is -2.47. The third-order valence-corrected chi connectivity index (χ3v) is 15.2. The normalized spacial score (nSPS) is 15.8. The molecule has 0 aliphatic heterocycles. The summed E-state index contributed by atoms with van der Waals surface area (Å²) < 4.78 is 18.5. The van der Waals surface area contributed by atoms with Gasteiger partial charge in [0.05, 0.1) is 13.2 Å². The van der Waals surface area contributed by atoms with Crippen LogP contribution in [0.3, 0.4) is 0 Å². The van der Waals surface area contributed by atoms with Gasteiger partial charge in [0.15, 0.2) is 0 Å². The van der Waals surface area contributed by atoms with Crippen molar-refractivity contribution in [1.29, 1.82) is 0 Å². The van der Waals surface area contributed by atoms with Gasteiger partial charge in [0.1, 0.15) is 5.92 Å². The Balaban J connectivity index is 3.44. The van der Waals surface area contributed by atoms with Crippen molar-refractivity contribution in [3.05, 3.63) is 35.9 Å². The molecule has 0 fully saturated rings. The Morgan fingerprint density at radius 1 is 0.867 bits per heavy atom. The first-order chi connectivity index (χ1) is 13.4. The van der Waals surface area contributed by atoms with Crippen molar-refractivity contribution in [1.82, 2.24) is 5.23 Å². The lowest BCUT2D eigenvalue weighted by atomic mass is 9.93. The van der Waals surface area contributed by atoms with E-state index in [0.717, 1.165) is 5.56 Å². The minimum absolute atomic E-state index is 0.00469. The molecule has 2 atom stereocenters. The van der Waals surface area contributed by atoms with E-state index >= 15 is 0 Å². The second-order valence-corrected chi connectivity index (χ2v) is 20.5. The average molecular weight is 454 g/mol. The van der Waals surface area contributed by atoms with E-state index in [1.807, 2.05) is 37.3 Å². The fraction of sp³-hybridized carbons (Fsp3) is 0.696. The highest BCUT2D eigenvalue weighted by atomic mass is 28.4. The van der Waals surface area contributed by atoms with E-state index in [0.29, 0.717) is 0 Å². The summed E-state index contributed by atoms with van der Waals surface area (Å²) in [7, 11) is -2.99. The van der Waals surface area contributed by atoms with Crippen molar-refractivity contribution >= 4 is 22.6 Å². The molecule has 0 amide bonds. The molecule has 7 heteroatoms. The summed E-state index contributed by atoms with van der Waals surface area (Å²) >= 11 is 0. The van der Waals surface area contributed by atoms with Crippen LogP contribution in [0, 0.1) is 0 Å². The topological polar surface area (TPSA) is 48.0 Å². The summed E-state index contributed by atoms with van der Waals surface area (Å²) in [6, 6.07) is 9.36.